The van der Waals surface area contributed by atoms with E-state index in [1.165, 1.54) is 23.9 Å². The van der Waals surface area contributed by atoms with Gasteiger partial charge in [-0.05, 0) is 49.7 Å². The highest BCUT2D eigenvalue weighted by molar-refractivity contribution is 7.98. The number of thioether (sulfide) groups is 1. The van der Waals surface area contributed by atoms with Crippen LogP contribution in [0, 0.1) is 6.92 Å². The van der Waals surface area contributed by atoms with Crippen LogP contribution in [-0.4, -0.2) is 29.4 Å². The topological polar surface area (TPSA) is 81.8 Å². The molecule has 0 unspecified atom stereocenters. The van der Waals surface area contributed by atoms with Gasteiger partial charge >= 0.3 is 12.1 Å². The number of aliphatic carboxylic acids is 1. The highest BCUT2D eigenvalue weighted by Crippen LogP contribution is 2.35. The van der Waals surface area contributed by atoms with Gasteiger partial charge in [0.05, 0.1) is 17.9 Å². The first-order valence-electron chi connectivity index (χ1n) is 10.00. The highest BCUT2D eigenvalue weighted by Gasteiger charge is 2.30. The van der Waals surface area contributed by atoms with Crippen LogP contribution in [0.1, 0.15) is 29.3 Å². The third-order valence-corrected chi connectivity index (χ3v) is 5.67. The van der Waals surface area contributed by atoms with E-state index >= 15 is 0 Å². The lowest BCUT2D eigenvalue weighted by molar-refractivity contribution is -0.139. The van der Waals surface area contributed by atoms with E-state index in [-0.39, 0.29) is 6.61 Å². The summed E-state index contributed by atoms with van der Waals surface area (Å²) in [7, 11) is 0. The van der Waals surface area contributed by atoms with Crippen molar-refractivity contribution < 1.29 is 37.1 Å². The predicted octanol–water partition coefficient (Wildman–Crippen LogP) is 5.96. The molecule has 0 radical (unpaired) electrons. The Balaban J connectivity index is 1.77. The third-order valence-electron chi connectivity index (χ3n) is 4.67. The Morgan fingerprint density at radius 1 is 1.18 bits per heavy atom. The van der Waals surface area contributed by atoms with Crippen molar-refractivity contribution in [2.45, 2.75) is 37.3 Å². The molecule has 1 heterocycles. The van der Waals surface area contributed by atoms with Gasteiger partial charge in [-0.15, -0.1) is 11.8 Å². The Labute approximate surface area is 192 Å². The summed E-state index contributed by atoms with van der Waals surface area (Å²) in [6.45, 7) is 3.92. The van der Waals surface area contributed by atoms with Crippen LogP contribution in [-0.2, 0) is 28.1 Å². The fraction of sp³-hybridized carbons (Fsp3) is 0.304. The molecule has 3 rings (SSSR count). The maximum absolute atomic E-state index is 12.9. The summed E-state index contributed by atoms with van der Waals surface area (Å²) in [6.07, 6.45) is -4.41. The van der Waals surface area contributed by atoms with Crippen molar-refractivity contribution in [1.29, 1.82) is 0 Å². The van der Waals surface area contributed by atoms with Gasteiger partial charge in [0, 0.05) is 28.4 Å². The molecule has 0 aliphatic rings. The quantitative estimate of drug-likeness (QED) is 0.358. The number of carboxylic acids is 1. The minimum atomic E-state index is -4.41. The van der Waals surface area contributed by atoms with Crippen LogP contribution in [0.25, 0.3) is 11.3 Å². The monoisotopic (exact) mass is 481 g/mol. The molecule has 0 saturated carbocycles. The SMILES string of the molecule is CCOCc1c(CSc2ccc(OCC(=O)O)c(C)c2)noc1-c1ccc(C(F)(F)F)cc1. The Morgan fingerprint density at radius 2 is 1.91 bits per heavy atom. The Hall–Kier alpha value is -2.98. The number of hydrogen-bond acceptors (Lipinski definition) is 6. The number of hydrogen-bond donors (Lipinski definition) is 1. The summed E-state index contributed by atoms with van der Waals surface area (Å²) < 4.78 is 54.9. The molecule has 0 bridgehead atoms. The molecule has 10 heteroatoms. The zero-order valence-electron chi connectivity index (χ0n) is 17.9. The fourth-order valence-electron chi connectivity index (χ4n) is 3.01. The number of carbonyl (C=O) groups is 1. The van der Waals surface area contributed by atoms with Crippen LogP contribution >= 0.6 is 11.8 Å². The fourth-order valence-corrected chi connectivity index (χ4v) is 3.97. The van der Waals surface area contributed by atoms with Gasteiger partial charge in [-0.2, -0.15) is 13.2 Å². The molecule has 0 fully saturated rings. The van der Waals surface area contributed by atoms with Gasteiger partial charge < -0.3 is 19.1 Å². The van der Waals surface area contributed by atoms with E-state index in [0.29, 0.717) is 40.7 Å². The first-order valence-corrected chi connectivity index (χ1v) is 11.0. The molecule has 176 valence electrons. The molecular formula is C23H22F3NO5S. The number of aryl methyl sites for hydroxylation is 1. The summed E-state index contributed by atoms with van der Waals surface area (Å²) in [5.74, 6) is 0.261. The number of alkyl halides is 3. The summed E-state index contributed by atoms with van der Waals surface area (Å²) in [4.78, 5) is 11.6. The first kappa shape index (κ1) is 24.7. The molecule has 0 saturated heterocycles. The molecular weight excluding hydrogens is 459 g/mol. The molecule has 2 aromatic carbocycles. The summed E-state index contributed by atoms with van der Waals surface area (Å²) in [5.41, 5.74) is 1.85. The van der Waals surface area contributed by atoms with Crippen molar-refractivity contribution in [3.05, 3.63) is 64.8 Å². The number of carboxylic acid groups (broad SMARTS) is 1. The van der Waals surface area contributed by atoms with E-state index in [0.717, 1.165) is 22.6 Å². The first-order chi connectivity index (χ1) is 15.7. The molecule has 0 aliphatic carbocycles. The largest absolute Gasteiger partial charge is 0.482 e. The smallest absolute Gasteiger partial charge is 0.416 e. The second-order valence-electron chi connectivity index (χ2n) is 7.05. The van der Waals surface area contributed by atoms with Gasteiger partial charge in [-0.25, -0.2) is 4.79 Å². The van der Waals surface area contributed by atoms with Gasteiger partial charge in [0.2, 0.25) is 0 Å². The van der Waals surface area contributed by atoms with E-state index in [9.17, 15) is 18.0 Å². The summed E-state index contributed by atoms with van der Waals surface area (Å²) >= 11 is 1.48. The average Bonchev–Trinajstić information content (AvgIpc) is 3.17. The molecule has 0 atom stereocenters. The Bertz CT molecular complexity index is 1100. The number of nitrogens with zero attached hydrogens (tertiary/aromatic N) is 1. The molecule has 0 amide bonds. The summed E-state index contributed by atoms with van der Waals surface area (Å²) in [6, 6.07) is 10.1. The second kappa shape index (κ2) is 10.8. The van der Waals surface area contributed by atoms with Gasteiger partial charge in [0.25, 0.3) is 0 Å². The van der Waals surface area contributed by atoms with E-state index in [2.05, 4.69) is 5.16 Å². The van der Waals surface area contributed by atoms with Crippen molar-refractivity contribution >= 4 is 17.7 Å². The van der Waals surface area contributed by atoms with E-state index in [4.69, 9.17) is 19.1 Å². The van der Waals surface area contributed by atoms with E-state index < -0.39 is 24.3 Å². The zero-order chi connectivity index (χ0) is 24.0. The van der Waals surface area contributed by atoms with Crippen molar-refractivity contribution in [3.63, 3.8) is 0 Å². The van der Waals surface area contributed by atoms with Crippen molar-refractivity contribution in [2.75, 3.05) is 13.2 Å². The van der Waals surface area contributed by atoms with Crippen LogP contribution in [0.5, 0.6) is 5.75 Å². The van der Waals surface area contributed by atoms with Crippen molar-refractivity contribution in [3.8, 4) is 17.1 Å². The van der Waals surface area contributed by atoms with Crippen molar-refractivity contribution in [2.24, 2.45) is 0 Å². The van der Waals surface area contributed by atoms with Crippen LogP contribution in [0.3, 0.4) is 0 Å². The maximum Gasteiger partial charge on any atom is 0.416 e. The number of rotatable bonds is 10. The van der Waals surface area contributed by atoms with Crippen LogP contribution in [0.15, 0.2) is 51.9 Å². The van der Waals surface area contributed by atoms with Crippen LogP contribution in [0.4, 0.5) is 13.2 Å². The lowest BCUT2D eigenvalue weighted by atomic mass is 10.1. The molecule has 33 heavy (non-hydrogen) atoms. The lowest BCUT2D eigenvalue weighted by Gasteiger charge is -2.09. The van der Waals surface area contributed by atoms with Crippen LogP contribution < -0.4 is 4.74 Å². The molecule has 1 N–H and O–H groups in total. The minimum absolute atomic E-state index is 0.216. The molecule has 0 spiro atoms. The van der Waals surface area contributed by atoms with E-state index in [1.807, 2.05) is 26.0 Å². The van der Waals surface area contributed by atoms with Gasteiger partial charge in [0.1, 0.15) is 5.75 Å². The predicted molar refractivity (Wildman–Crippen MR) is 116 cm³/mol. The molecule has 1 aromatic heterocycles. The molecule has 0 aliphatic heterocycles. The number of benzene rings is 2. The second-order valence-corrected chi connectivity index (χ2v) is 8.10. The Morgan fingerprint density at radius 3 is 2.52 bits per heavy atom. The van der Waals surface area contributed by atoms with E-state index in [1.54, 1.807) is 6.07 Å². The number of halogens is 3. The van der Waals surface area contributed by atoms with Gasteiger partial charge in [0.15, 0.2) is 12.4 Å². The van der Waals surface area contributed by atoms with Crippen LogP contribution in [0.2, 0.25) is 0 Å². The molecule has 6 nitrogen and oxygen atoms in total. The Kier molecular flexibility index (Phi) is 8.04. The number of aromatic nitrogens is 1. The van der Waals surface area contributed by atoms with Crippen molar-refractivity contribution in [1.82, 2.24) is 5.16 Å². The zero-order valence-corrected chi connectivity index (χ0v) is 18.8. The maximum atomic E-state index is 12.9. The minimum Gasteiger partial charge on any atom is -0.482 e. The average molecular weight is 481 g/mol. The normalized spacial score (nSPS) is 11.5. The van der Waals surface area contributed by atoms with Gasteiger partial charge in [-0.1, -0.05) is 17.3 Å². The highest BCUT2D eigenvalue weighted by atomic mass is 32.2. The standard InChI is InChI=1S/C23H22F3NO5S/c1-3-30-11-18-19(13-33-17-8-9-20(14(2)10-17)31-12-21(28)29)27-32-22(18)15-4-6-16(7-5-15)23(24,25)26/h4-10H,3,11-13H2,1-2H3,(H,28,29). The third kappa shape index (κ3) is 6.52. The molecule has 3 aromatic rings. The van der Waals surface area contributed by atoms with Gasteiger partial charge in [-0.3, -0.25) is 0 Å². The lowest BCUT2D eigenvalue weighted by Crippen LogP contribution is -2.09. The number of ether oxygens (including phenoxy) is 2. The summed E-state index contributed by atoms with van der Waals surface area (Å²) in [5, 5.41) is 12.9.